The fraction of sp³-hybridized carbons (Fsp3) is 1.00. The minimum atomic E-state index is 0.126. The Kier molecular flexibility index (Phi) is 7.89. The third-order valence-corrected chi connectivity index (χ3v) is 1.10. The van der Waals surface area contributed by atoms with Gasteiger partial charge in [0.25, 0.3) is 0 Å². The summed E-state index contributed by atoms with van der Waals surface area (Å²) >= 11 is 0. The standard InChI is InChI=1S/C8H19NO2/c1-3-4-10-5-6-11-7-8(2)9/h8H,3-7,9H2,1-2H3/t8-/m0/s1. The van der Waals surface area contributed by atoms with Crippen LogP contribution >= 0.6 is 0 Å². The van der Waals surface area contributed by atoms with Crippen molar-refractivity contribution in [3.05, 3.63) is 0 Å². The Morgan fingerprint density at radius 2 is 1.82 bits per heavy atom. The molecule has 0 aromatic heterocycles. The molecular weight excluding hydrogens is 142 g/mol. The van der Waals surface area contributed by atoms with Crippen LogP contribution in [0.2, 0.25) is 0 Å². The third kappa shape index (κ3) is 9.88. The van der Waals surface area contributed by atoms with Crippen LogP contribution in [0.3, 0.4) is 0 Å². The van der Waals surface area contributed by atoms with Crippen molar-refractivity contribution in [3.8, 4) is 0 Å². The van der Waals surface area contributed by atoms with Gasteiger partial charge in [-0.3, -0.25) is 0 Å². The van der Waals surface area contributed by atoms with E-state index in [1.165, 1.54) is 0 Å². The second kappa shape index (κ2) is 7.98. The summed E-state index contributed by atoms with van der Waals surface area (Å²) in [4.78, 5) is 0. The van der Waals surface area contributed by atoms with Gasteiger partial charge in [0.15, 0.2) is 0 Å². The van der Waals surface area contributed by atoms with E-state index in [0.29, 0.717) is 19.8 Å². The van der Waals surface area contributed by atoms with Gasteiger partial charge in [-0.1, -0.05) is 6.92 Å². The fourth-order valence-electron chi connectivity index (χ4n) is 0.633. The molecule has 0 rings (SSSR count). The molecule has 68 valence electrons. The molecule has 0 aromatic rings. The second-order valence-corrected chi connectivity index (χ2v) is 2.66. The van der Waals surface area contributed by atoms with Gasteiger partial charge in [0, 0.05) is 12.6 Å². The number of nitrogens with two attached hydrogens (primary N) is 1. The van der Waals surface area contributed by atoms with Crippen LogP contribution in [-0.2, 0) is 9.47 Å². The van der Waals surface area contributed by atoms with E-state index in [0.717, 1.165) is 13.0 Å². The van der Waals surface area contributed by atoms with Crippen molar-refractivity contribution < 1.29 is 9.47 Å². The molecule has 0 saturated carbocycles. The summed E-state index contributed by atoms with van der Waals surface area (Å²) in [5, 5.41) is 0. The lowest BCUT2D eigenvalue weighted by Gasteiger charge is -2.06. The number of ether oxygens (including phenoxy) is 2. The largest absolute Gasteiger partial charge is 0.379 e. The van der Waals surface area contributed by atoms with E-state index in [1.54, 1.807) is 0 Å². The molecule has 0 spiro atoms. The van der Waals surface area contributed by atoms with Gasteiger partial charge in [0.1, 0.15) is 0 Å². The molecule has 0 aliphatic heterocycles. The summed E-state index contributed by atoms with van der Waals surface area (Å²) in [6.45, 7) is 6.79. The van der Waals surface area contributed by atoms with Crippen LogP contribution in [0, 0.1) is 0 Å². The van der Waals surface area contributed by atoms with E-state index < -0.39 is 0 Å². The monoisotopic (exact) mass is 161 g/mol. The Morgan fingerprint density at radius 3 is 2.36 bits per heavy atom. The summed E-state index contributed by atoms with van der Waals surface area (Å²) in [6.07, 6.45) is 1.06. The topological polar surface area (TPSA) is 44.5 Å². The Balaban J connectivity index is 2.80. The van der Waals surface area contributed by atoms with Gasteiger partial charge in [-0.05, 0) is 13.3 Å². The second-order valence-electron chi connectivity index (χ2n) is 2.66. The van der Waals surface area contributed by atoms with Crippen LogP contribution in [0.15, 0.2) is 0 Å². The molecule has 0 aliphatic carbocycles. The molecule has 0 unspecified atom stereocenters. The van der Waals surface area contributed by atoms with Gasteiger partial charge in [0.2, 0.25) is 0 Å². The quantitative estimate of drug-likeness (QED) is 0.561. The summed E-state index contributed by atoms with van der Waals surface area (Å²) in [5.74, 6) is 0. The van der Waals surface area contributed by atoms with Crippen LogP contribution in [0.5, 0.6) is 0 Å². The van der Waals surface area contributed by atoms with E-state index in [4.69, 9.17) is 15.2 Å². The third-order valence-electron chi connectivity index (χ3n) is 1.10. The van der Waals surface area contributed by atoms with E-state index in [2.05, 4.69) is 6.92 Å². The Morgan fingerprint density at radius 1 is 1.18 bits per heavy atom. The molecule has 0 heterocycles. The number of rotatable bonds is 7. The zero-order valence-electron chi connectivity index (χ0n) is 7.51. The predicted octanol–water partition coefficient (Wildman–Crippen LogP) is 0.777. The van der Waals surface area contributed by atoms with Crippen LogP contribution in [0.1, 0.15) is 20.3 Å². The summed E-state index contributed by atoms with van der Waals surface area (Å²) in [7, 11) is 0. The minimum Gasteiger partial charge on any atom is -0.379 e. The SMILES string of the molecule is CCCOCCOC[C@H](C)N. The van der Waals surface area contributed by atoms with Crippen molar-refractivity contribution >= 4 is 0 Å². The molecule has 0 radical (unpaired) electrons. The smallest absolute Gasteiger partial charge is 0.0701 e. The van der Waals surface area contributed by atoms with Crippen molar-refractivity contribution in [2.24, 2.45) is 5.73 Å². The lowest BCUT2D eigenvalue weighted by molar-refractivity contribution is 0.0443. The molecule has 2 N–H and O–H groups in total. The maximum Gasteiger partial charge on any atom is 0.0701 e. The summed E-state index contributed by atoms with van der Waals surface area (Å²) < 4.78 is 10.4. The van der Waals surface area contributed by atoms with E-state index >= 15 is 0 Å². The lowest BCUT2D eigenvalue weighted by Crippen LogP contribution is -2.23. The highest BCUT2D eigenvalue weighted by Gasteiger charge is 1.92. The molecule has 1 atom stereocenters. The highest BCUT2D eigenvalue weighted by molar-refractivity contribution is 4.47. The van der Waals surface area contributed by atoms with Gasteiger partial charge < -0.3 is 15.2 Å². The van der Waals surface area contributed by atoms with Crippen molar-refractivity contribution in [1.29, 1.82) is 0 Å². The van der Waals surface area contributed by atoms with Crippen LogP contribution in [0.25, 0.3) is 0 Å². The van der Waals surface area contributed by atoms with Crippen LogP contribution in [0.4, 0.5) is 0 Å². The first-order valence-corrected chi connectivity index (χ1v) is 4.18. The van der Waals surface area contributed by atoms with Crippen molar-refractivity contribution in [3.63, 3.8) is 0 Å². The van der Waals surface area contributed by atoms with Gasteiger partial charge in [-0.2, -0.15) is 0 Å². The molecule has 0 aliphatic rings. The van der Waals surface area contributed by atoms with E-state index in [9.17, 15) is 0 Å². The summed E-state index contributed by atoms with van der Waals surface area (Å²) in [6, 6.07) is 0.126. The number of hydrogen-bond acceptors (Lipinski definition) is 3. The zero-order valence-corrected chi connectivity index (χ0v) is 7.51. The minimum absolute atomic E-state index is 0.126. The highest BCUT2D eigenvalue weighted by Crippen LogP contribution is 1.83. The number of hydrogen-bond donors (Lipinski definition) is 1. The van der Waals surface area contributed by atoms with Gasteiger partial charge in [-0.25, -0.2) is 0 Å². The van der Waals surface area contributed by atoms with Gasteiger partial charge >= 0.3 is 0 Å². The van der Waals surface area contributed by atoms with E-state index in [-0.39, 0.29) is 6.04 Å². The Hall–Kier alpha value is -0.120. The fourth-order valence-corrected chi connectivity index (χ4v) is 0.633. The first kappa shape index (κ1) is 10.9. The first-order valence-electron chi connectivity index (χ1n) is 4.18. The van der Waals surface area contributed by atoms with Crippen molar-refractivity contribution in [2.75, 3.05) is 26.4 Å². The normalized spacial score (nSPS) is 13.4. The maximum atomic E-state index is 5.47. The average Bonchev–Trinajstić information content (AvgIpc) is 1.96. The maximum absolute atomic E-state index is 5.47. The summed E-state index contributed by atoms with van der Waals surface area (Å²) in [5.41, 5.74) is 5.47. The van der Waals surface area contributed by atoms with Crippen LogP contribution < -0.4 is 5.73 Å². The zero-order chi connectivity index (χ0) is 8.53. The van der Waals surface area contributed by atoms with E-state index in [1.807, 2.05) is 6.92 Å². The van der Waals surface area contributed by atoms with Crippen molar-refractivity contribution in [2.45, 2.75) is 26.3 Å². The van der Waals surface area contributed by atoms with Gasteiger partial charge in [-0.15, -0.1) is 0 Å². The molecule has 11 heavy (non-hydrogen) atoms. The molecule has 0 aromatic carbocycles. The highest BCUT2D eigenvalue weighted by atomic mass is 16.5. The molecule has 3 heteroatoms. The molecule has 0 fully saturated rings. The molecule has 0 saturated heterocycles. The van der Waals surface area contributed by atoms with Gasteiger partial charge in [0.05, 0.1) is 19.8 Å². The lowest BCUT2D eigenvalue weighted by atomic mass is 10.4. The molecule has 0 amide bonds. The molecule has 0 bridgehead atoms. The van der Waals surface area contributed by atoms with Crippen molar-refractivity contribution in [1.82, 2.24) is 0 Å². The average molecular weight is 161 g/mol. The Labute approximate surface area is 68.9 Å². The van der Waals surface area contributed by atoms with Crippen LogP contribution in [-0.4, -0.2) is 32.5 Å². The predicted molar refractivity (Wildman–Crippen MR) is 45.6 cm³/mol. The first-order chi connectivity index (χ1) is 5.27. The molecule has 3 nitrogen and oxygen atoms in total. The Bertz CT molecular complexity index is 76.5. The molecular formula is C8H19NO2.